The Labute approximate surface area is 127 Å². The summed E-state index contributed by atoms with van der Waals surface area (Å²) in [4.78, 5) is 14.0. The summed E-state index contributed by atoms with van der Waals surface area (Å²) in [6.07, 6.45) is -0.0586. The molecule has 21 heavy (non-hydrogen) atoms. The van der Waals surface area contributed by atoms with E-state index in [0.29, 0.717) is 13.2 Å². The fraction of sp³-hybridized carbons (Fsp3) is 0.588. The number of amides is 1. The lowest BCUT2D eigenvalue weighted by Crippen LogP contribution is -2.40. The van der Waals surface area contributed by atoms with E-state index in [-0.39, 0.29) is 23.5 Å². The zero-order valence-electron chi connectivity index (χ0n) is 13.6. The summed E-state index contributed by atoms with van der Waals surface area (Å²) < 4.78 is 5.19. The Morgan fingerprint density at radius 2 is 1.95 bits per heavy atom. The van der Waals surface area contributed by atoms with Crippen molar-refractivity contribution in [1.29, 1.82) is 0 Å². The molecular weight excluding hydrogens is 264 g/mol. The second kappa shape index (κ2) is 6.16. The third-order valence-corrected chi connectivity index (χ3v) is 3.99. The number of methoxy groups -OCH3 is 1. The van der Waals surface area contributed by atoms with Gasteiger partial charge >= 0.3 is 0 Å². The molecule has 4 heteroatoms. The zero-order valence-corrected chi connectivity index (χ0v) is 13.6. The number of hydrogen-bond donors (Lipinski definition) is 1. The largest absolute Gasteiger partial charge is 0.383 e. The van der Waals surface area contributed by atoms with E-state index in [1.54, 1.807) is 7.11 Å². The molecule has 1 aromatic carbocycles. The van der Waals surface area contributed by atoms with Gasteiger partial charge in [-0.15, -0.1) is 0 Å². The van der Waals surface area contributed by atoms with E-state index in [0.717, 1.165) is 5.56 Å². The van der Waals surface area contributed by atoms with Crippen LogP contribution < -0.4 is 5.32 Å². The van der Waals surface area contributed by atoms with Crippen LogP contribution in [0.4, 0.5) is 0 Å². The summed E-state index contributed by atoms with van der Waals surface area (Å²) in [5.41, 5.74) is 2.56. The van der Waals surface area contributed by atoms with Gasteiger partial charge in [0.2, 0.25) is 5.91 Å². The Balaban J connectivity index is 2.22. The van der Waals surface area contributed by atoms with Crippen LogP contribution in [0.25, 0.3) is 0 Å². The number of rotatable bonds is 4. The topological polar surface area (TPSA) is 41.6 Å². The summed E-state index contributed by atoms with van der Waals surface area (Å²) in [6.45, 7) is 9.56. The molecule has 1 amide bonds. The van der Waals surface area contributed by atoms with Crippen molar-refractivity contribution >= 4 is 5.91 Å². The van der Waals surface area contributed by atoms with Gasteiger partial charge in [0.25, 0.3) is 0 Å². The molecule has 0 spiro atoms. The first-order valence-electron chi connectivity index (χ1n) is 7.48. The van der Waals surface area contributed by atoms with Crippen molar-refractivity contribution in [3.63, 3.8) is 0 Å². The second-order valence-electron chi connectivity index (χ2n) is 6.76. The van der Waals surface area contributed by atoms with Crippen LogP contribution in [0.3, 0.4) is 0 Å². The van der Waals surface area contributed by atoms with Gasteiger partial charge in [-0.25, -0.2) is 0 Å². The van der Waals surface area contributed by atoms with Crippen LogP contribution in [-0.4, -0.2) is 37.1 Å². The number of hydrogen-bond acceptors (Lipinski definition) is 3. The molecule has 0 radical (unpaired) electrons. The Kier molecular flexibility index (Phi) is 4.69. The Morgan fingerprint density at radius 1 is 1.33 bits per heavy atom. The van der Waals surface area contributed by atoms with E-state index in [2.05, 4.69) is 50.4 Å². The molecule has 1 aliphatic heterocycles. The average molecular weight is 290 g/mol. The molecule has 0 aliphatic carbocycles. The number of carbonyl (C=O) groups is 1. The molecule has 116 valence electrons. The molecular formula is C17H26N2O2. The molecule has 1 aromatic rings. The molecule has 0 bridgehead atoms. The average Bonchev–Trinajstić information content (AvgIpc) is 2.80. The smallest absolute Gasteiger partial charge is 0.238 e. The van der Waals surface area contributed by atoms with Crippen molar-refractivity contribution in [3.05, 3.63) is 35.4 Å². The van der Waals surface area contributed by atoms with Gasteiger partial charge in [0.05, 0.1) is 19.2 Å². The van der Waals surface area contributed by atoms with E-state index in [4.69, 9.17) is 4.74 Å². The quantitative estimate of drug-likeness (QED) is 0.926. The molecule has 1 fully saturated rings. The fourth-order valence-electron chi connectivity index (χ4n) is 2.78. The fourth-order valence-corrected chi connectivity index (χ4v) is 2.78. The van der Waals surface area contributed by atoms with Crippen molar-refractivity contribution in [1.82, 2.24) is 10.2 Å². The minimum Gasteiger partial charge on any atom is -0.383 e. The van der Waals surface area contributed by atoms with Gasteiger partial charge in [-0.3, -0.25) is 10.1 Å². The predicted molar refractivity (Wildman–Crippen MR) is 84.1 cm³/mol. The Morgan fingerprint density at radius 3 is 2.48 bits per heavy atom. The summed E-state index contributed by atoms with van der Waals surface area (Å²) in [5.74, 6) is 0.129. The van der Waals surface area contributed by atoms with Gasteiger partial charge < -0.3 is 9.64 Å². The first-order valence-corrected chi connectivity index (χ1v) is 7.48. The van der Waals surface area contributed by atoms with E-state index in [1.165, 1.54) is 5.56 Å². The lowest BCUT2D eigenvalue weighted by molar-refractivity contribution is -0.131. The third-order valence-electron chi connectivity index (χ3n) is 3.99. The van der Waals surface area contributed by atoms with Crippen molar-refractivity contribution in [2.75, 3.05) is 20.3 Å². The minimum absolute atomic E-state index is 0.0586. The van der Waals surface area contributed by atoms with E-state index >= 15 is 0 Å². The van der Waals surface area contributed by atoms with Crippen molar-refractivity contribution in [2.45, 2.75) is 45.3 Å². The van der Waals surface area contributed by atoms with Crippen LogP contribution in [0, 0.1) is 0 Å². The van der Waals surface area contributed by atoms with Gasteiger partial charge in [-0.1, -0.05) is 45.0 Å². The molecule has 1 N–H and O–H groups in total. The van der Waals surface area contributed by atoms with Crippen molar-refractivity contribution < 1.29 is 9.53 Å². The predicted octanol–water partition coefficient (Wildman–Crippen LogP) is 2.45. The Bertz CT molecular complexity index is 491. The Hall–Kier alpha value is -1.39. The molecule has 2 rings (SSSR count). The van der Waals surface area contributed by atoms with Gasteiger partial charge in [0.1, 0.15) is 6.17 Å². The number of nitrogens with zero attached hydrogens (tertiary/aromatic N) is 1. The van der Waals surface area contributed by atoms with Crippen LogP contribution in [0.5, 0.6) is 0 Å². The number of nitrogens with one attached hydrogen (secondary N) is 1. The maximum atomic E-state index is 12.1. The molecule has 0 aromatic heterocycles. The van der Waals surface area contributed by atoms with Crippen molar-refractivity contribution in [2.24, 2.45) is 0 Å². The molecule has 4 nitrogen and oxygen atoms in total. The highest BCUT2D eigenvalue weighted by Crippen LogP contribution is 2.28. The number of benzene rings is 1. The highest BCUT2D eigenvalue weighted by atomic mass is 16.5. The molecule has 1 aliphatic rings. The maximum absolute atomic E-state index is 12.1. The van der Waals surface area contributed by atoms with Crippen LogP contribution >= 0.6 is 0 Å². The van der Waals surface area contributed by atoms with E-state index in [9.17, 15) is 4.79 Å². The normalized spacial score (nSPS) is 20.9. The SMILES string of the molecule is COCC(C)N1C(=O)CNC1c1ccc(C(C)(C)C)cc1. The highest BCUT2D eigenvalue weighted by molar-refractivity contribution is 5.81. The minimum atomic E-state index is -0.0586. The second-order valence-corrected chi connectivity index (χ2v) is 6.76. The first kappa shape index (κ1) is 16.0. The standard InChI is InChI=1S/C17H26N2O2/c1-12(11-21-5)19-15(20)10-18-16(19)13-6-8-14(9-7-13)17(2,3)4/h6-9,12,16,18H,10-11H2,1-5H3. The highest BCUT2D eigenvalue weighted by Gasteiger charge is 2.34. The number of carbonyl (C=O) groups excluding carboxylic acids is 1. The van der Waals surface area contributed by atoms with Gasteiger partial charge in [0, 0.05) is 7.11 Å². The third kappa shape index (κ3) is 3.44. The first-order chi connectivity index (χ1) is 9.84. The molecule has 2 unspecified atom stereocenters. The summed E-state index contributed by atoms with van der Waals surface area (Å²) in [6, 6.07) is 8.59. The molecule has 1 heterocycles. The van der Waals surface area contributed by atoms with Gasteiger partial charge in [-0.05, 0) is 23.5 Å². The molecule has 1 saturated heterocycles. The molecule has 2 atom stereocenters. The molecule has 0 saturated carbocycles. The van der Waals surface area contributed by atoms with E-state index in [1.807, 2.05) is 11.8 Å². The summed E-state index contributed by atoms with van der Waals surface area (Å²) >= 11 is 0. The monoisotopic (exact) mass is 290 g/mol. The summed E-state index contributed by atoms with van der Waals surface area (Å²) in [5, 5.41) is 3.29. The van der Waals surface area contributed by atoms with Crippen molar-refractivity contribution in [3.8, 4) is 0 Å². The van der Waals surface area contributed by atoms with Crippen LogP contribution in [-0.2, 0) is 14.9 Å². The lowest BCUT2D eigenvalue weighted by atomic mass is 9.86. The van der Waals surface area contributed by atoms with Gasteiger partial charge in [-0.2, -0.15) is 0 Å². The van der Waals surface area contributed by atoms with Gasteiger partial charge in [0.15, 0.2) is 0 Å². The zero-order chi connectivity index (χ0) is 15.6. The van der Waals surface area contributed by atoms with Crippen LogP contribution in [0.1, 0.15) is 45.0 Å². The summed E-state index contributed by atoms with van der Waals surface area (Å²) in [7, 11) is 1.66. The van der Waals surface area contributed by atoms with Crippen LogP contribution in [0.15, 0.2) is 24.3 Å². The van der Waals surface area contributed by atoms with Crippen LogP contribution in [0.2, 0.25) is 0 Å². The lowest BCUT2D eigenvalue weighted by Gasteiger charge is -2.30. The van der Waals surface area contributed by atoms with E-state index < -0.39 is 0 Å². The maximum Gasteiger partial charge on any atom is 0.238 e. The number of ether oxygens (including phenoxy) is 1.